The van der Waals surface area contributed by atoms with Crippen LogP contribution in [-0.2, 0) is 46.3 Å². The molecule has 40 nitrogen and oxygen atoms in total. The highest BCUT2D eigenvalue weighted by Gasteiger charge is 2.50. The molecule has 0 bridgehead atoms. The number of nitrogens with two attached hydrogens (primary N) is 2. The molecule has 2 saturated heterocycles. The number of unbranched alkanes of at least 4 members (excludes halogenated alkanes) is 14. The van der Waals surface area contributed by atoms with E-state index >= 15 is 0 Å². The van der Waals surface area contributed by atoms with Crippen LogP contribution in [-0.4, -0.2) is 224 Å². The molecule has 6 aliphatic rings. The van der Waals surface area contributed by atoms with E-state index in [4.69, 9.17) is 47.9 Å². The first-order valence-corrected chi connectivity index (χ1v) is 47.0. The molecule has 4 aliphatic heterocycles. The number of benzene rings is 6. The summed E-state index contributed by atoms with van der Waals surface area (Å²) in [7, 11) is 5.50. The summed E-state index contributed by atoms with van der Waals surface area (Å²) < 4.78 is 75.6. The van der Waals surface area contributed by atoms with Crippen molar-refractivity contribution in [3.8, 4) is 44.9 Å². The second-order valence-corrected chi connectivity index (χ2v) is 36.4. The minimum absolute atomic E-state index is 0.0463. The Hall–Kier alpha value is -12.6. The normalized spacial score (nSPS) is 18.0. The number of nitrogens with one attached hydrogen (secondary N) is 2. The number of aliphatic hydroxyl groups excluding tert-OH is 4. The highest BCUT2D eigenvalue weighted by Crippen LogP contribution is 2.51. The van der Waals surface area contributed by atoms with Crippen molar-refractivity contribution in [1.29, 1.82) is 0 Å². The number of hydrogen-bond acceptors (Lipinski definition) is 32. The van der Waals surface area contributed by atoms with Gasteiger partial charge in [0.15, 0.2) is 35.4 Å². The van der Waals surface area contributed by atoms with E-state index in [0.29, 0.717) is 117 Å². The number of rotatable bonds is 40. The topological polar surface area (TPSA) is 562 Å². The van der Waals surface area contributed by atoms with Crippen molar-refractivity contribution in [2.45, 2.75) is 165 Å². The van der Waals surface area contributed by atoms with Crippen molar-refractivity contribution in [1.82, 2.24) is 58.8 Å². The molecule has 8 aromatic rings. The number of carboxylic acids is 2. The number of anilines is 4. The number of carboxylic acid groups (broad SMARTS) is 2. The fourth-order valence-corrected chi connectivity index (χ4v) is 17.9. The Balaban J connectivity index is 0.000000227. The van der Waals surface area contributed by atoms with Crippen LogP contribution < -0.4 is 62.0 Å². The number of aliphatic hydroxyl groups is 4. The van der Waals surface area contributed by atoms with Crippen LogP contribution in [0.15, 0.2) is 143 Å². The van der Waals surface area contributed by atoms with Gasteiger partial charge >= 0.3 is 27.6 Å². The van der Waals surface area contributed by atoms with E-state index < -0.39 is 102 Å². The Labute approximate surface area is 769 Å². The van der Waals surface area contributed by atoms with Gasteiger partial charge in [-0.1, -0.05) is 89.2 Å². The second-order valence-electron chi connectivity index (χ2n) is 33.7. The first kappa shape index (κ1) is 98.9. The van der Waals surface area contributed by atoms with Crippen molar-refractivity contribution >= 4 is 119 Å². The van der Waals surface area contributed by atoms with E-state index in [1.54, 1.807) is 12.1 Å². The number of hydrogen-bond donors (Lipinski definition) is 10. The molecule has 10 atom stereocenters. The number of nitrogens with zero attached hydrogens (tertiary/aromatic N) is 12. The lowest BCUT2D eigenvalue weighted by atomic mass is 9.89. The van der Waals surface area contributed by atoms with Crippen molar-refractivity contribution in [2.75, 3.05) is 104 Å². The quantitative estimate of drug-likeness (QED) is 0.00784. The molecule has 4 aromatic carbocycles. The summed E-state index contributed by atoms with van der Waals surface area (Å²) in [5.41, 5.74) is 19.4. The van der Waals surface area contributed by atoms with Gasteiger partial charge < -0.3 is 99.5 Å². The fraction of sp³-hybridized carbons (Fsp3) is 0.413. The zero-order valence-electron chi connectivity index (χ0n) is 75.3. The molecule has 8 heterocycles. The number of nitrogen functional groups attached to an aromatic ring is 2. The van der Waals surface area contributed by atoms with Crippen LogP contribution in [0.2, 0.25) is 0 Å². The summed E-state index contributed by atoms with van der Waals surface area (Å²) in [6.45, 7) is -0.488. The molecule has 4 aromatic heterocycles. The number of aromatic nitrogens is 8. The van der Waals surface area contributed by atoms with E-state index in [1.807, 2.05) is 148 Å². The van der Waals surface area contributed by atoms with Gasteiger partial charge in [-0.3, -0.25) is 47.1 Å². The van der Waals surface area contributed by atoms with E-state index in [2.05, 4.69) is 40.5 Å². The van der Waals surface area contributed by atoms with Crippen molar-refractivity contribution in [3.05, 3.63) is 167 Å². The lowest BCUT2D eigenvalue weighted by molar-refractivity contribution is -0.256. The minimum atomic E-state index is -5.02. The molecule has 0 saturated carbocycles. The molecular weight excluding hydrogens is 1780 g/mol. The summed E-state index contributed by atoms with van der Waals surface area (Å²) in [5, 5.41) is 76.1. The van der Waals surface area contributed by atoms with Crippen LogP contribution in [0.25, 0.3) is 89.2 Å². The van der Waals surface area contributed by atoms with Crippen LogP contribution in [0.1, 0.15) is 169 Å². The zero-order valence-corrected chi connectivity index (χ0v) is 77.1. The van der Waals surface area contributed by atoms with Gasteiger partial charge in [-0.15, -0.1) is 0 Å². The number of phosphoric ester groups is 2. The smallest absolute Gasteiger partial charge is 0.530 e. The largest absolute Gasteiger partial charge is 0.545 e. The highest BCUT2D eigenvalue weighted by atomic mass is 31.2. The van der Waals surface area contributed by atoms with Crippen LogP contribution in [0, 0.1) is 0 Å². The number of carbonyl (C=O) groups excluding carboxylic acids is 6. The zero-order chi connectivity index (χ0) is 96.0. The number of amides is 2. The standard InChI is InChI=1S/2C46H55N8O12P/c1-52(2)28-15-18-31-34(22-28)63-35-23-29(53(3)4)16-19-32(35)38(31)33-21-27(14-17-30(33)46(59)60)44(58)48-20-12-10-8-6-5-7-9-11-13-37(56)65-67(61,62)66-41-36(24-55)64-45(40(41)57)54-26-51-39-42(47)49-25-50-43(39)54;1-52(2)28-15-18-31-34(22-28)64-35-23-29(53(3)4)16-19-32(35)38(31)33-21-27(14-17-30(33)46(59)60)44(58)48-20-12-10-8-6-5-7-9-11-13-37(55)66-67(61,62)63-24-36-40(56)41(57)45(65-36)54-26-51-39-42(47)49-25-50-43(39)54/h14-19,21-23,25-26,36,40-41,45,55,57H,5-13,20,24H2,1-4H3,(H4-,47,48,49,50,58,59,60,61,62);14-19,21-23,25-26,36,40-41,45,56-57H,5-13,20,24H2,1-4H3,(H4-,47,48,49,50,58,59,60,61,62)/t36-,40+,41?,45-;36-,40?,41+,45-/m11/s1. The molecule has 0 spiro atoms. The average molecular weight is 1890 g/mol. The highest BCUT2D eigenvalue weighted by molar-refractivity contribution is 7.48. The van der Waals surface area contributed by atoms with Gasteiger partial charge in [0.25, 0.3) is 11.8 Å². The van der Waals surface area contributed by atoms with Crippen molar-refractivity contribution in [3.63, 3.8) is 0 Å². The molecule has 4 unspecified atom stereocenters. The van der Waals surface area contributed by atoms with Crippen LogP contribution >= 0.6 is 15.6 Å². The predicted octanol–water partition coefficient (Wildman–Crippen LogP) is 7.22. The number of carbonyl (C=O) groups is 6. The maximum atomic E-state index is 13.4. The van der Waals surface area contributed by atoms with E-state index in [0.717, 1.165) is 99.1 Å². The molecule has 712 valence electrons. The molecule has 2 fully saturated rings. The van der Waals surface area contributed by atoms with Gasteiger partial charge in [0.05, 0.1) is 49.9 Å². The number of phosphoric acid groups is 2. The van der Waals surface area contributed by atoms with Gasteiger partial charge in [-0.25, -0.2) is 48.2 Å². The SMILES string of the molecule is CN(C)c1ccc2c(-c3cc(C(=O)NCCCCCCCCCCC(=O)OP(=O)(O)OC4[C@@H](CO)O[C@@H](n5cnc6c(N)ncnc65)[C@H]4O)ccc3C(=O)[O-])c3ccc(=[N+](C)C)cc-3oc2c1.CN(C)c1ccc2c(-c3cc(C(=O)NCCCCCCCCCCC(=O)OP(=O)(O)OC[C@H]4O[C@@H](n5cnc6c(N)ncnc65)[C@@H](O)C4O)ccc3C(=O)[O-])c3ccc(=[N+](C)C)cc-3oc2c1. The Bertz CT molecular complexity index is 6490. The number of imidazole rings is 2. The first-order valence-electron chi connectivity index (χ1n) is 44.0. The lowest BCUT2D eigenvalue weighted by Gasteiger charge is -2.22. The summed E-state index contributed by atoms with van der Waals surface area (Å²) >= 11 is 0. The van der Waals surface area contributed by atoms with Gasteiger partial charge in [0.2, 0.25) is 10.7 Å². The van der Waals surface area contributed by atoms with Crippen LogP contribution in [0.3, 0.4) is 0 Å². The molecule has 0 radical (unpaired) electrons. The van der Waals surface area contributed by atoms with E-state index in [1.165, 1.54) is 58.7 Å². The summed E-state index contributed by atoms with van der Waals surface area (Å²) in [6.07, 6.45) is 6.35. The summed E-state index contributed by atoms with van der Waals surface area (Å²) in [6, 6.07) is 31.9. The molecule has 42 heteroatoms. The van der Waals surface area contributed by atoms with Crippen molar-refractivity contribution in [2.24, 2.45) is 0 Å². The van der Waals surface area contributed by atoms with Crippen molar-refractivity contribution < 1.29 is 115 Å². The molecule has 12 N–H and O–H groups in total. The predicted molar refractivity (Wildman–Crippen MR) is 491 cm³/mol. The van der Waals surface area contributed by atoms with Gasteiger partial charge in [0.1, 0.15) is 111 Å². The van der Waals surface area contributed by atoms with Gasteiger partial charge in [-0.05, 0) is 97.5 Å². The molecule has 134 heavy (non-hydrogen) atoms. The Morgan fingerprint density at radius 2 is 0.903 bits per heavy atom. The molecular formula is C92H110N16O24P2. The number of ether oxygens (including phenoxy) is 2. The third-order valence-electron chi connectivity index (χ3n) is 23.4. The minimum Gasteiger partial charge on any atom is -0.545 e. The van der Waals surface area contributed by atoms with Gasteiger partial charge in [0, 0.05) is 145 Å². The molecule has 2 aliphatic carbocycles. The number of fused-ring (bicyclic) bond motifs is 6. The fourth-order valence-electron chi connectivity index (χ4n) is 16.2. The molecule has 2 amide bonds. The molecule has 14 rings (SSSR count). The second kappa shape index (κ2) is 44.1. The first-order chi connectivity index (χ1) is 64.1. The van der Waals surface area contributed by atoms with E-state index in [-0.39, 0.29) is 69.7 Å². The average Bonchev–Trinajstić information content (AvgIpc) is 1.13. The summed E-state index contributed by atoms with van der Waals surface area (Å²) in [4.78, 5) is 125. The lowest BCUT2D eigenvalue weighted by Crippen LogP contribution is -2.35. The maximum absolute atomic E-state index is 13.4. The van der Waals surface area contributed by atoms with E-state index in [9.17, 15) is 78.3 Å². The third-order valence-corrected chi connectivity index (χ3v) is 25.3. The monoisotopic (exact) mass is 1880 g/mol. The Morgan fingerprint density at radius 1 is 0.493 bits per heavy atom. The van der Waals surface area contributed by atoms with Crippen LogP contribution in [0.4, 0.5) is 23.0 Å². The van der Waals surface area contributed by atoms with Crippen LogP contribution in [0.5, 0.6) is 0 Å². The number of aromatic carboxylic acids is 2. The Kier molecular flexibility index (Phi) is 32.5. The summed E-state index contributed by atoms with van der Waals surface area (Å²) in [5.74, 6) is -3.94. The Morgan fingerprint density at radius 3 is 1.32 bits per heavy atom. The maximum Gasteiger partial charge on any atom is 0.530 e. The third kappa shape index (κ3) is 23.6. The van der Waals surface area contributed by atoms with Gasteiger partial charge in [-0.2, -0.15) is 0 Å².